The molecule has 0 radical (unpaired) electrons. The summed E-state index contributed by atoms with van der Waals surface area (Å²) in [5.41, 5.74) is 1.34. The van der Waals surface area contributed by atoms with E-state index in [0.29, 0.717) is 12.0 Å². The Bertz CT molecular complexity index is 273. The van der Waals surface area contributed by atoms with Gasteiger partial charge in [0.05, 0.1) is 13.2 Å². The average molecular weight is 191 g/mol. The van der Waals surface area contributed by atoms with Crippen molar-refractivity contribution in [3.63, 3.8) is 0 Å². The van der Waals surface area contributed by atoms with E-state index in [1.165, 1.54) is 5.56 Å². The summed E-state index contributed by atoms with van der Waals surface area (Å²) in [6.07, 6.45) is 0. The minimum Gasteiger partial charge on any atom is -0.379 e. The summed E-state index contributed by atoms with van der Waals surface area (Å²) in [6, 6.07) is 11.0. The first-order valence-corrected chi connectivity index (χ1v) is 5.21. The van der Waals surface area contributed by atoms with E-state index in [-0.39, 0.29) is 0 Å². The number of hydrogen-bond acceptors (Lipinski definition) is 2. The van der Waals surface area contributed by atoms with Crippen LogP contribution in [0.4, 0.5) is 0 Å². The van der Waals surface area contributed by atoms with Crippen molar-refractivity contribution < 1.29 is 4.74 Å². The second-order valence-corrected chi connectivity index (χ2v) is 3.99. The second kappa shape index (κ2) is 4.58. The van der Waals surface area contributed by atoms with Gasteiger partial charge < -0.3 is 10.1 Å². The van der Waals surface area contributed by atoms with Crippen molar-refractivity contribution in [3.05, 3.63) is 35.9 Å². The summed E-state index contributed by atoms with van der Waals surface area (Å²) in [5.74, 6) is 0.638. The Kier molecular flexibility index (Phi) is 3.17. The van der Waals surface area contributed by atoms with E-state index in [1.807, 2.05) is 6.07 Å². The molecular weight excluding hydrogens is 174 g/mol. The van der Waals surface area contributed by atoms with Gasteiger partial charge >= 0.3 is 0 Å². The lowest BCUT2D eigenvalue weighted by Crippen LogP contribution is -2.33. The lowest BCUT2D eigenvalue weighted by molar-refractivity contribution is 0.184. The first-order valence-electron chi connectivity index (χ1n) is 5.21. The molecule has 1 saturated heterocycles. The first-order chi connectivity index (χ1) is 6.86. The van der Waals surface area contributed by atoms with Crippen molar-refractivity contribution >= 4 is 0 Å². The van der Waals surface area contributed by atoms with E-state index in [9.17, 15) is 0 Å². The molecule has 1 aromatic rings. The fourth-order valence-corrected chi connectivity index (χ4v) is 1.77. The highest BCUT2D eigenvalue weighted by molar-refractivity contribution is 5.14. The SMILES string of the molecule is CC1COCC1NCc1ccccc1. The predicted octanol–water partition coefficient (Wildman–Crippen LogP) is 1.81. The molecule has 1 fully saturated rings. The van der Waals surface area contributed by atoms with Crippen LogP contribution in [-0.4, -0.2) is 19.3 Å². The third kappa shape index (κ3) is 2.34. The standard InChI is InChI=1S/C12H17NO/c1-10-8-14-9-12(10)13-7-11-5-3-2-4-6-11/h2-6,10,12-13H,7-9H2,1H3. The molecule has 14 heavy (non-hydrogen) atoms. The normalized spacial score (nSPS) is 26.6. The molecule has 1 heterocycles. The van der Waals surface area contributed by atoms with E-state index >= 15 is 0 Å². The molecule has 0 aliphatic carbocycles. The van der Waals surface area contributed by atoms with Crippen molar-refractivity contribution in [2.45, 2.75) is 19.5 Å². The van der Waals surface area contributed by atoms with Crippen LogP contribution in [0.1, 0.15) is 12.5 Å². The molecule has 0 aromatic heterocycles. The van der Waals surface area contributed by atoms with Crippen LogP contribution < -0.4 is 5.32 Å². The van der Waals surface area contributed by atoms with E-state index in [2.05, 4.69) is 36.5 Å². The van der Waals surface area contributed by atoms with Gasteiger partial charge in [-0.2, -0.15) is 0 Å². The van der Waals surface area contributed by atoms with E-state index in [1.54, 1.807) is 0 Å². The monoisotopic (exact) mass is 191 g/mol. The molecule has 1 aliphatic rings. The van der Waals surface area contributed by atoms with E-state index in [4.69, 9.17) is 4.74 Å². The van der Waals surface area contributed by atoms with Crippen LogP contribution in [-0.2, 0) is 11.3 Å². The van der Waals surface area contributed by atoms with Gasteiger partial charge in [0.25, 0.3) is 0 Å². The minimum atomic E-state index is 0.523. The molecule has 2 heteroatoms. The molecule has 2 unspecified atom stereocenters. The van der Waals surface area contributed by atoms with Crippen LogP contribution in [0.2, 0.25) is 0 Å². The largest absolute Gasteiger partial charge is 0.379 e. The van der Waals surface area contributed by atoms with Gasteiger partial charge in [0, 0.05) is 12.6 Å². The van der Waals surface area contributed by atoms with Gasteiger partial charge in [0.2, 0.25) is 0 Å². The summed E-state index contributed by atoms with van der Waals surface area (Å²) in [5, 5.41) is 3.52. The van der Waals surface area contributed by atoms with Crippen molar-refractivity contribution in [1.82, 2.24) is 5.32 Å². The molecule has 1 aliphatic heterocycles. The summed E-state index contributed by atoms with van der Waals surface area (Å²) >= 11 is 0. The number of benzene rings is 1. The highest BCUT2D eigenvalue weighted by Crippen LogP contribution is 2.12. The molecule has 0 saturated carbocycles. The van der Waals surface area contributed by atoms with Gasteiger partial charge in [0.15, 0.2) is 0 Å². The molecule has 1 N–H and O–H groups in total. The number of ether oxygens (including phenoxy) is 1. The molecule has 0 bridgehead atoms. The lowest BCUT2D eigenvalue weighted by Gasteiger charge is -2.14. The molecule has 2 rings (SSSR count). The Hall–Kier alpha value is -0.860. The van der Waals surface area contributed by atoms with Crippen molar-refractivity contribution in [1.29, 1.82) is 0 Å². The molecule has 2 atom stereocenters. The van der Waals surface area contributed by atoms with Gasteiger partial charge in [-0.25, -0.2) is 0 Å². The maximum absolute atomic E-state index is 5.40. The highest BCUT2D eigenvalue weighted by atomic mass is 16.5. The summed E-state index contributed by atoms with van der Waals surface area (Å²) in [6.45, 7) is 4.93. The third-order valence-corrected chi connectivity index (χ3v) is 2.78. The smallest absolute Gasteiger partial charge is 0.0623 e. The Morgan fingerprint density at radius 3 is 2.71 bits per heavy atom. The van der Waals surface area contributed by atoms with Crippen LogP contribution in [0, 0.1) is 5.92 Å². The Morgan fingerprint density at radius 2 is 2.07 bits per heavy atom. The molecule has 76 valence electrons. The van der Waals surface area contributed by atoms with Gasteiger partial charge in [-0.15, -0.1) is 0 Å². The number of nitrogens with one attached hydrogen (secondary N) is 1. The third-order valence-electron chi connectivity index (χ3n) is 2.78. The molecule has 1 aromatic carbocycles. The van der Waals surface area contributed by atoms with E-state index in [0.717, 1.165) is 19.8 Å². The van der Waals surface area contributed by atoms with Crippen molar-refractivity contribution in [3.8, 4) is 0 Å². The molecular formula is C12H17NO. The Morgan fingerprint density at radius 1 is 1.29 bits per heavy atom. The Labute approximate surface area is 85.3 Å². The van der Waals surface area contributed by atoms with Crippen LogP contribution in [0.15, 0.2) is 30.3 Å². The topological polar surface area (TPSA) is 21.3 Å². The average Bonchev–Trinajstić information content (AvgIpc) is 2.63. The lowest BCUT2D eigenvalue weighted by atomic mass is 10.1. The number of rotatable bonds is 3. The van der Waals surface area contributed by atoms with Crippen LogP contribution in [0.5, 0.6) is 0 Å². The quantitative estimate of drug-likeness (QED) is 0.786. The van der Waals surface area contributed by atoms with Gasteiger partial charge in [-0.3, -0.25) is 0 Å². The first kappa shape index (κ1) is 9.69. The van der Waals surface area contributed by atoms with Crippen LogP contribution in [0.3, 0.4) is 0 Å². The summed E-state index contributed by atoms with van der Waals surface area (Å²) in [4.78, 5) is 0. The molecule has 2 nitrogen and oxygen atoms in total. The van der Waals surface area contributed by atoms with Crippen molar-refractivity contribution in [2.75, 3.05) is 13.2 Å². The zero-order valence-electron chi connectivity index (χ0n) is 8.57. The minimum absolute atomic E-state index is 0.523. The Balaban J connectivity index is 1.82. The maximum Gasteiger partial charge on any atom is 0.0623 e. The highest BCUT2D eigenvalue weighted by Gasteiger charge is 2.23. The molecule has 0 amide bonds. The summed E-state index contributed by atoms with van der Waals surface area (Å²) in [7, 11) is 0. The predicted molar refractivity (Wildman–Crippen MR) is 57.1 cm³/mol. The zero-order valence-corrected chi connectivity index (χ0v) is 8.57. The van der Waals surface area contributed by atoms with E-state index < -0.39 is 0 Å². The van der Waals surface area contributed by atoms with Gasteiger partial charge in [-0.1, -0.05) is 37.3 Å². The fraction of sp³-hybridized carbons (Fsp3) is 0.500. The maximum atomic E-state index is 5.40. The summed E-state index contributed by atoms with van der Waals surface area (Å²) < 4.78 is 5.40. The number of hydrogen-bond donors (Lipinski definition) is 1. The fourth-order valence-electron chi connectivity index (χ4n) is 1.77. The van der Waals surface area contributed by atoms with Crippen LogP contribution in [0.25, 0.3) is 0 Å². The van der Waals surface area contributed by atoms with Crippen LogP contribution >= 0.6 is 0 Å². The molecule has 0 spiro atoms. The van der Waals surface area contributed by atoms with Gasteiger partial charge in [0.1, 0.15) is 0 Å². The van der Waals surface area contributed by atoms with Crippen molar-refractivity contribution in [2.24, 2.45) is 5.92 Å². The second-order valence-electron chi connectivity index (χ2n) is 3.99. The van der Waals surface area contributed by atoms with Gasteiger partial charge in [-0.05, 0) is 11.5 Å². The zero-order chi connectivity index (χ0) is 9.80.